The van der Waals surface area contributed by atoms with Crippen LogP contribution in [-0.4, -0.2) is 57.5 Å². The lowest BCUT2D eigenvalue weighted by molar-refractivity contribution is -0.143. The Bertz CT molecular complexity index is 718. The molecule has 2 fully saturated rings. The van der Waals surface area contributed by atoms with Crippen molar-refractivity contribution in [2.75, 3.05) is 18.4 Å². The number of carbonyl (C=O) groups excluding carboxylic acids is 3. The van der Waals surface area contributed by atoms with E-state index >= 15 is 0 Å². The Kier molecular flexibility index (Phi) is 4.88. The first-order valence-corrected chi connectivity index (χ1v) is 8.20. The van der Waals surface area contributed by atoms with E-state index in [1.807, 2.05) is 0 Å². The maximum Gasteiger partial charge on any atom is 0.406 e. The van der Waals surface area contributed by atoms with Crippen molar-refractivity contribution in [2.24, 2.45) is 5.92 Å². The molecule has 2 aliphatic rings. The summed E-state index contributed by atoms with van der Waals surface area (Å²) in [5.41, 5.74) is 0. The lowest BCUT2D eigenvalue weighted by Gasteiger charge is -2.17. The molecule has 2 N–H and O–H groups in total. The Balaban J connectivity index is 1.62. The van der Waals surface area contributed by atoms with E-state index in [0.717, 1.165) is 25.2 Å². The number of hydrogen-bond acceptors (Lipinski definition) is 4. The zero-order valence-electron chi connectivity index (χ0n) is 13.8. The normalized spacial score (nSPS) is 23.2. The third-order valence-electron chi connectivity index (χ3n) is 4.54. The Morgan fingerprint density at radius 1 is 1.35 bits per heavy atom. The van der Waals surface area contributed by atoms with Crippen LogP contribution in [-0.2, 0) is 20.9 Å². The van der Waals surface area contributed by atoms with Crippen molar-refractivity contribution in [3.8, 4) is 0 Å². The van der Waals surface area contributed by atoms with Crippen LogP contribution in [0.25, 0.3) is 0 Å². The molecule has 3 amide bonds. The number of nitrogens with zero attached hydrogens (tertiary/aromatic N) is 3. The van der Waals surface area contributed by atoms with Crippen molar-refractivity contribution < 1.29 is 27.6 Å². The van der Waals surface area contributed by atoms with Crippen LogP contribution in [0.15, 0.2) is 12.4 Å². The summed E-state index contributed by atoms with van der Waals surface area (Å²) in [7, 11) is 0. The lowest BCUT2D eigenvalue weighted by Crippen LogP contribution is -2.42. The molecule has 11 heteroatoms. The first-order valence-electron chi connectivity index (χ1n) is 8.20. The fraction of sp³-hybridized carbons (Fsp3) is 0.600. The first-order chi connectivity index (χ1) is 12.2. The number of likely N-dealkylation sites (tertiary alicyclic amines) is 1. The summed E-state index contributed by atoms with van der Waals surface area (Å²) in [4.78, 5) is 41.0. The first kappa shape index (κ1) is 18.2. The largest absolute Gasteiger partial charge is 0.406 e. The number of fused-ring (bicyclic) bond motifs is 1. The lowest BCUT2D eigenvalue weighted by atomic mass is 9.99. The zero-order valence-corrected chi connectivity index (χ0v) is 13.8. The summed E-state index contributed by atoms with van der Waals surface area (Å²) in [5.74, 6) is -2.26. The number of alkyl halides is 3. The van der Waals surface area contributed by atoms with Gasteiger partial charge in [0.05, 0.1) is 6.04 Å². The summed E-state index contributed by atoms with van der Waals surface area (Å²) in [6, 6.07) is -0.200. The molecule has 0 radical (unpaired) electrons. The van der Waals surface area contributed by atoms with Crippen LogP contribution in [0, 0.1) is 5.92 Å². The minimum Gasteiger partial charge on any atom is -0.351 e. The van der Waals surface area contributed by atoms with Crippen molar-refractivity contribution >= 4 is 23.7 Å². The fourth-order valence-electron chi connectivity index (χ4n) is 3.35. The van der Waals surface area contributed by atoms with Gasteiger partial charge in [0.1, 0.15) is 6.54 Å². The van der Waals surface area contributed by atoms with Gasteiger partial charge in [-0.05, 0) is 18.8 Å². The quantitative estimate of drug-likeness (QED) is 0.739. The fourth-order valence-corrected chi connectivity index (χ4v) is 3.35. The highest BCUT2D eigenvalue weighted by molar-refractivity contribution is 6.39. The summed E-state index contributed by atoms with van der Waals surface area (Å²) in [6.45, 7) is -0.787. The predicted octanol–water partition coefficient (Wildman–Crippen LogP) is 0.511. The molecule has 2 atom stereocenters. The van der Waals surface area contributed by atoms with Gasteiger partial charge in [0, 0.05) is 31.9 Å². The topological polar surface area (TPSA) is 96.3 Å². The van der Waals surface area contributed by atoms with Crippen molar-refractivity contribution in [2.45, 2.75) is 38.0 Å². The number of amides is 3. The summed E-state index contributed by atoms with van der Waals surface area (Å²) < 4.78 is 38.2. The minimum atomic E-state index is -4.48. The van der Waals surface area contributed by atoms with E-state index in [1.165, 1.54) is 4.90 Å². The van der Waals surface area contributed by atoms with Gasteiger partial charge >= 0.3 is 18.0 Å². The summed E-state index contributed by atoms with van der Waals surface area (Å²) >= 11 is 0. The smallest absolute Gasteiger partial charge is 0.351 e. The van der Waals surface area contributed by atoms with Crippen molar-refractivity contribution in [3.05, 3.63) is 12.4 Å². The highest BCUT2D eigenvalue weighted by Gasteiger charge is 2.39. The van der Waals surface area contributed by atoms with Crippen molar-refractivity contribution in [3.63, 3.8) is 0 Å². The molecular formula is C15H18F3N5O3. The van der Waals surface area contributed by atoms with Crippen LogP contribution in [0.4, 0.5) is 19.1 Å². The number of rotatable bonds is 2. The molecule has 2 saturated heterocycles. The molecule has 8 nitrogen and oxygen atoms in total. The third kappa shape index (κ3) is 4.14. The molecule has 142 valence electrons. The van der Waals surface area contributed by atoms with Gasteiger partial charge in [-0.1, -0.05) is 0 Å². The van der Waals surface area contributed by atoms with E-state index in [9.17, 15) is 27.6 Å². The number of aromatic nitrogens is 2. The number of anilines is 1. The van der Waals surface area contributed by atoms with Crippen molar-refractivity contribution in [1.29, 1.82) is 0 Å². The Morgan fingerprint density at radius 2 is 2.12 bits per heavy atom. The van der Waals surface area contributed by atoms with Crippen LogP contribution < -0.4 is 10.6 Å². The standard InChI is InChI=1S/C15H18F3N5O3/c16-15(17,18)8-22-5-4-19-14(22)21-12(25)13(26)23-6-9-2-1-3-11(24)20-10(9)7-23/h4-5,9-10H,1-3,6-8H2,(H,20,24)(H,19,21,25). The van der Waals surface area contributed by atoms with Gasteiger partial charge in [0.25, 0.3) is 0 Å². The molecule has 1 aromatic rings. The Labute approximate surface area is 146 Å². The number of nitrogens with one attached hydrogen (secondary N) is 2. The van der Waals surface area contributed by atoms with E-state index in [0.29, 0.717) is 17.5 Å². The Hall–Kier alpha value is -2.59. The van der Waals surface area contributed by atoms with Gasteiger partial charge < -0.3 is 14.8 Å². The highest BCUT2D eigenvalue weighted by Crippen LogP contribution is 2.25. The monoisotopic (exact) mass is 373 g/mol. The number of carbonyl (C=O) groups is 3. The van der Waals surface area contributed by atoms with E-state index in [-0.39, 0.29) is 30.4 Å². The molecule has 3 heterocycles. The van der Waals surface area contributed by atoms with Crippen LogP contribution in [0.3, 0.4) is 0 Å². The number of hydrogen-bond donors (Lipinski definition) is 2. The second kappa shape index (κ2) is 6.96. The van der Waals surface area contributed by atoms with Crippen LogP contribution in [0.1, 0.15) is 19.3 Å². The van der Waals surface area contributed by atoms with Gasteiger partial charge in [-0.25, -0.2) is 4.98 Å². The van der Waals surface area contributed by atoms with Gasteiger partial charge in [-0.15, -0.1) is 0 Å². The average Bonchev–Trinajstić information content (AvgIpc) is 3.08. The van der Waals surface area contributed by atoms with E-state index in [4.69, 9.17) is 0 Å². The molecule has 0 bridgehead atoms. The number of halogens is 3. The molecule has 3 rings (SSSR count). The maximum atomic E-state index is 12.5. The molecular weight excluding hydrogens is 355 g/mol. The molecule has 0 saturated carbocycles. The van der Waals surface area contributed by atoms with Crippen molar-refractivity contribution in [1.82, 2.24) is 19.8 Å². The molecule has 26 heavy (non-hydrogen) atoms. The molecule has 2 unspecified atom stereocenters. The zero-order chi connectivity index (χ0) is 18.9. The molecule has 1 aromatic heterocycles. The maximum absolute atomic E-state index is 12.5. The molecule has 2 aliphatic heterocycles. The summed E-state index contributed by atoms with van der Waals surface area (Å²) in [6.07, 6.45) is -0.373. The minimum absolute atomic E-state index is 0.0745. The second-order valence-corrected chi connectivity index (χ2v) is 6.48. The van der Waals surface area contributed by atoms with E-state index in [1.54, 1.807) is 0 Å². The van der Waals surface area contributed by atoms with Gasteiger partial charge in [0.15, 0.2) is 0 Å². The van der Waals surface area contributed by atoms with Gasteiger partial charge in [0.2, 0.25) is 11.9 Å². The average molecular weight is 373 g/mol. The molecule has 0 aliphatic carbocycles. The van der Waals surface area contributed by atoms with E-state index in [2.05, 4.69) is 15.6 Å². The SMILES string of the molecule is O=C1CCCC2CN(C(=O)C(=O)Nc3nccn3CC(F)(F)F)CC2N1. The highest BCUT2D eigenvalue weighted by atomic mass is 19.4. The third-order valence-corrected chi connectivity index (χ3v) is 4.54. The van der Waals surface area contributed by atoms with Crippen LogP contribution in [0.2, 0.25) is 0 Å². The van der Waals surface area contributed by atoms with E-state index < -0.39 is 24.5 Å². The number of imidazole rings is 1. The van der Waals surface area contributed by atoms with Gasteiger partial charge in [-0.3, -0.25) is 19.7 Å². The second-order valence-electron chi connectivity index (χ2n) is 6.48. The van der Waals surface area contributed by atoms with Crippen LogP contribution >= 0.6 is 0 Å². The molecule has 0 spiro atoms. The van der Waals surface area contributed by atoms with Gasteiger partial charge in [-0.2, -0.15) is 13.2 Å². The molecule has 0 aromatic carbocycles. The van der Waals surface area contributed by atoms with Crippen LogP contribution in [0.5, 0.6) is 0 Å². The predicted molar refractivity (Wildman–Crippen MR) is 82.8 cm³/mol. The Morgan fingerprint density at radius 3 is 2.85 bits per heavy atom. The summed E-state index contributed by atoms with van der Waals surface area (Å²) in [5, 5.41) is 4.97.